The Labute approximate surface area is 180 Å². The van der Waals surface area contributed by atoms with Crippen LogP contribution in [0.3, 0.4) is 0 Å². The van der Waals surface area contributed by atoms with Crippen molar-refractivity contribution in [1.29, 1.82) is 0 Å². The molecule has 0 radical (unpaired) electrons. The van der Waals surface area contributed by atoms with Crippen molar-refractivity contribution in [2.75, 3.05) is 21.3 Å². The summed E-state index contributed by atoms with van der Waals surface area (Å²) in [6.45, 7) is 0. The van der Waals surface area contributed by atoms with Crippen LogP contribution in [-0.2, 0) is 0 Å². The van der Waals surface area contributed by atoms with E-state index in [1.165, 1.54) is 20.3 Å². The molecule has 0 aliphatic rings. The Balaban J connectivity index is 1.77. The molecule has 6 nitrogen and oxygen atoms in total. The number of para-hydroxylation sites is 1. The summed E-state index contributed by atoms with van der Waals surface area (Å²) in [7, 11) is 4.58. The van der Waals surface area contributed by atoms with Crippen molar-refractivity contribution >= 4 is 17.8 Å². The number of carbonyl (C=O) groups is 2. The van der Waals surface area contributed by atoms with Gasteiger partial charge < -0.3 is 18.9 Å². The van der Waals surface area contributed by atoms with E-state index < -0.39 is 5.97 Å². The lowest BCUT2D eigenvalue weighted by Gasteiger charge is -2.10. The predicted octanol–water partition coefficient (Wildman–Crippen LogP) is 4.83. The van der Waals surface area contributed by atoms with Gasteiger partial charge in [-0.05, 0) is 60.7 Å². The molecule has 3 aromatic carbocycles. The van der Waals surface area contributed by atoms with Gasteiger partial charge in [-0.1, -0.05) is 18.2 Å². The number of esters is 1. The lowest BCUT2D eigenvalue weighted by atomic mass is 10.1. The number of ether oxygens (including phenoxy) is 4. The molecule has 0 aliphatic carbocycles. The molecule has 3 rings (SSSR count). The molecular weight excluding hydrogens is 396 g/mol. The summed E-state index contributed by atoms with van der Waals surface area (Å²) in [5.74, 6) is 1.22. The summed E-state index contributed by atoms with van der Waals surface area (Å²) in [6.07, 6.45) is 3.05. The number of hydrogen-bond donors (Lipinski definition) is 0. The third-order valence-electron chi connectivity index (χ3n) is 4.53. The van der Waals surface area contributed by atoms with E-state index in [0.29, 0.717) is 39.7 Å². The number of allylic oxidation sites excluding steroid dienone is 1. The molecule has 0 aromatic heterocycles. The number of benzene rings is 3. The number of methoxy groups -OCH3 is 3. The molecule has 0 unspecified atom stereocenters. The fourth-order valence-corrected chi connectivity index (χ4v) is 2.85. The number of carbonyl (C=O) groups excluding carboxylic acids is 2. The predicted molar refractivity (Wildman–Crippen MR) is 117 cm³/mol. The minimum Gasteiger partial charge on any atom is -0.497 e. The van der Waals surface area contributed by atoms with Gasteiger partial charge in [-0.2, -0.15) is 0 Å². The Bertz CT molecular complexity index is 1100. The first-order valence-corrected chi connectivity index (χ1v) is 9.45. The minimum absolute atomic E-state index is 0.177. The van der Waals surface area contributed by atoms with Crippen molar-refractivity contribution in [2.24, 2.45) is 0 Å². The third kappa shape index (κ3) is 5.30. The van der Waals surface area contributed by atoms with Crippen molar-refractivity contribution in [3.05, 3.63) is 89.5 Å². The van der Waals surface area contributed by atoms with Crippen molar-refractivity contribution in [2.45, 2.75) is 0 Å². The summed E-state index contributed by atoms with van der Waals surface area (Å²) in [6, 6.07) is 18.6. The van der Waals surface area contributed by atoms with Gasteiger partial charge in [-0.3, -0.25) is 4.79 Å². The molecule has 0 atom stereocenters. The second-order valence-corrected chi connectivity index (χ2v) is 6.42. The van der Waals surface area contributed by atoms with Crippen LogP contribution in [0.4, 0.5) is 0 Å². The summed E-state index contributed by atoms with van der Waals surface area (Å²) >= 11 is 0. The Morgan fingerprint density at radius 2 is 1.39 bits per heavy atom. The van der Waals surface area contributed by atoms with Crippen LogP contribution >= 0.6 is 0 Å². The second kappa shape index (κ2) is 10.1. The van der Waals surface area contributed by atoms with E-state index in [4.69, 9.17) is 18.9 Å². The van der Waals surface area contributed by atoms with E-state index in [2.05, 4.69) is 0 Å². The second-order valence-electron chi connectivity index (χ2n) is 6.42. The monoisotopic (exact) mass is 418 g/mol. The quantitative estimate of drug-likeness (QED) is 0.226. The van der Waals surface area contributed by atoms with Crippen LogP contribution in [-0.4, -0.2) is 33.1 Å². The van der Waals surface area contributed by atoms with Gasteiger partial charge >= 0.3 is 5.97 Å². The molecule has 0 heterocycles. The smallest absolute Gasteiger partial charge is 0.343 e. The molecular formula is C25H22O6. The van der Waals surface area contributed by atoms with E-state index in [1.807, 2.05) is 0 Å². The van der Waals surface area contributed by atoms with Gasteiger partial charge in [0.1, 0.15) is 11.5 Å². The van der Waals surface area contributed by atoms with Crippen LogP contribution in [0.15, 0.2) is 72.8 Å². The largest absolute Gasteiger partial charge is 0.497 e. The van der Waals surface area contributed by atoms with Gasteiger partial charge in [-0.25, -0.2) is 4.79 Å². The number of hydrogen-bond acceptors (Lipinski definition) is 6. The topological polar surface area (TPSA) is 71.1 Å². The standard InChI is InChI=1S/C25H22O6/c1-28-20-12-8-17(9-13-20)21(26)14-10-18-6-4-5-7-22(18)31-25(27)19-11-15-23(29-2)24(16-19)30-3/h4-16H,1-3H3/b14-10+. The number of rotatable bonds is 8. The molecule has 0 bridgehead atoms. The maximum absolute atomic E-state index is 12.6. The molecule has 0 aliphatic heterocycles. The van der Waals surface area contributed by atoms with E-state index in [1.54, 1.807) is 79.9 Å². The first-order chi connectivity index (χ1) is 15.0. The van der Waals surface area contributed by atoms with Crippen molar-refractivity contribution in [3.8, 4) is 23.0 Å². The molecule has 0 amide bonds. The highest BCUT2D eigenvalue weighted by Gasteiger charge is 2.14. The Hall–Kier alpha value is -4.06. The van der Waals surface area contributed by atoms with Crippen LogP contribution in [0, 0.1) is 0 Å². The highest BCUT2D eigenvalue weighted by atomic mass is 16.5. The van der Waals surface area contributed by atoms with E-state index >= 15 is 0 Å². The average molecular weight is 418 g/mol. The molecule has 31 heavy (non-hydrogen) atoms. The number of ketones is 1. The average Bonchev–Trinajstić information content (AvgIpc) is 2.82. The highest BCUT2D eigenvalue weighted by molar-refractivity contribution is 6.07. The Morgan fingerprint density at radius 1 is 0.710 bits per heavy atom. The molecule has 6 heteroatoms. The van der Waals surface area contributed by atoms with Gasteiger partial charge in [0, 0.05) is 11.1 Å². The molecule has 0 spiro atoms. The van der Waals surface area contributed by atoms with Gasteiger partial charge in [0.25, 0.3) is 0 Å². The lowest BCUT2D eigenvalue weighted by Crippen LogP contribution is -2.09. The zero-order valence-electron chi connectivity index (χ0n) is 17.5. The maximum Gasteiger partial charge on any atom is 0.343 e. The van der Waals surface area contributed by atoms with Crippen LogP contribution in [0.5, 0.6) is 23.0 Å². The summed E-state index contributed by atoms with van der Waals surface area (Å²) in [5.41, 5.74) is 1.43. The lowest BCUT2D eigenvalue weighted by molar-refractivity contribution is 0.0733. The van der Waals surface area contributed by atoms with Gasteiger partial charge in [-0.15, -0.1) is 0 Å². The van der Waals surface area contributed by atoms with E-state index in [0.717, 1.165) is 0 Å². The zero-order valence-corrected chi connectivity index (χ0v) is 17.5. The van der Waals surface area contributed by atoms with Crippen molar-refractivity contribution < 1.29 is 28.5 Å². The molecule has 158 valence electrons. The fourth-order valence-electron chi connectivity index (χ4n) is 2.85. The van der Waals surface area contributed by atoms with Crippen LogP contribution in [0.2, 0.25) is 0 Å². The highest BCUT2D eigenvalue weighted by Crippen LogP contribution is 2.28. The fraction of sp³-hybridized carbons (Fsp3) is 0.120. The van der Waals surface area contributed by atoms with Crippen molar-refractivity contribution in [3.63, 3.8) is 0 Å². The van der Waals surface area contributed by atoms with E-state index in [9.17, 15) is 9.59 Å². The van der Waals surface area contributed by atoms with Crippen molar-refractivity contribution in [1.82, 2.24) is 0 Å². The minimum atomic E-state index is -0.553. The summed E-state index contributed by atoms with van der Waals surface area (Å²) < 4.78 is 21.1. The van der Waals surface area contributed by atoms with Gasteiger partial charge in [0.2, 0.25) is 0 Å². The molecule has 3 aromatic rings. The summed E-state index contributed by atoms with van der Waals surface area (Å²) in [4.78, 5) is 25.1. The molecule has 0 N–H and O–H groups in total. The van der Waals surface area contributed by atoms with E-state index in [-0.39, 0.29) is 5.78 Å². The normalized spacial score (nSPS) is 10.5. The van der Waals surface area contributed by atoms with Crippen LogP contribution in [0.25, 0.3) is 6.08 Å². The Morgan fingerprint density at radius 3 is 2.06 bits per heavy atom. The Kier molecular flexibility index (Phi) is 7.06. The van der Waals surface area contributed by atoms with Crippen LogP contribution < -0.4 is 18.9 Å². The molecule has 0 saturated carbocycles. The first kappa shape index (κ1) is 21.6. The SMILES string of the molecule is COc1ccc(C(=O)/C=C/c2ccccc2OC(=O)c2ccc(OC)c(OC)c2)cc1. The van der Waals surface area contributed by atoms with Crippen LogP contribution in [0.1, 0.15) is 26.3 Å². The van der Waals surface area contributed by atoms with Gasteiger partial charge in [0.05, 0.1) is 26.9 Å². The van der Waals surface area contributed by atoms with Gasteiger partial charge in [0.15, 0.2) is 17.3 Å². The summed E-state index contributed by atoms with van der Waals surface area (Å²) in [5, 5.41) is 0. The third-order valence-corrected chi connectivity index (χ3v) is 4.53. The molecule has 0 fully saturated rings. The first-order valence-electron chi connectivity index (χ1n) is 9.45. The zero-order chi connectivity index (χ0) is 22.2. The maximum atomic E-state index is 12.6. The molecule has 0 saturated heterocycles.